The number of hydrogen-bond acceptors (Lipinski definition) is 17. The zero-order valence-corrected chi connectivity index (χ0v) is 44.6. The highest BCUT2D eigenvalue weighted by Crippen LogP contribution is 2.35. The molecular formula is C57H61Cl2N7O13. The largest absolute Gasteiger partial charge is 0.506 e. The Morgan fingerprint density at radius 1 is 0.481 bits per heavy atom. The van der Waals surface area contributed by atoms with Gasteiger partial charge in [-0.2, -0.15) is 0 Å². The van der Waals surface area contributed by atoms with E-state index in [1.54, 1.807) is 6.07 Å². The summed E-state index contributed by atoms with van der Waals surface area (Å²) in [4.78, 5) is 34.7. The van der Waals surface area contributed by atoms with E-state index in [1.807, 2.05) is 97.1 Å². The summed E-state index contributed by atoms with van der Waals surface area (Å²) in [5, 5.41) is 44.3. The van der Waals surface area contributed by atoms with Gasteiger partial charge in [0.15, 0.2) is 0 Å². The Morgan fingerprint density at radius 2 is 0.848 bits per heavy atom. The van der Waals surface area contributed by atoms with E-state index in [1.165, 1.54) is 42.5 Å². The normalized spacial score (nSPS) is 13.6. The molecule has 0 radical (unpaired) electrons. The van der Waals surface area contributed by atoms with Crippen LogP contribution in [0.4, 0.5) is 34.1 Å². The highest BCUT2D eigenvalue weighted by Gasteiger charge is 2.20. The van der Waals surface area contributed by atoms with Gasteiger partial charge in [-0.15, -0.1) is 0 Å². The number of phenolic OH excluding ortho intramolecular Hbond substituents is 1. The van der Waals surface area contributed by atoms with E-state index in [0.29, 0.717) is 49.6 Å². The number of morpholine rings is 3. The molecule has 3 saturated heterocycles. The molecule has 7 aromatic rings. The van der Waals surface area contributed by atoms with Gasteiger partial charge in [0, 0.05) is 69.2 Å². The van der Waals surface area contributed by atoms with Crippen molar-refractivity contribution in [3.05, 3.63) is 221 Å². The summed E-state index contributed by atoms with van der Waals surface area (Å²) >= 11 is 11.3. The summed E-state index contributed by atoms with van der Waals surface area (Å²) in [5.41, 5.74) is 11.5. The van der Waals surface area contributed by atoms with E-state index >= 15 is 0 Å². The lowest BCUT2D eigenvalue weighted by atomic mass is 10.2. The average Bonchev–Trinajstić information content (AvgIpc) is 3.49. The number of ether oxygens (including phenoxy) is 6. The molecule has 0 aromatic heterocycles. The molecule has 3 heterocycles. The second kappa shape index (κ2) is 32.5. The lowest BCUT2D eigenvalue weighted by Crippen LogP contribution is -2.36. The van der Waals surface area contributed by atoms with Gasteiger partial charge in [0.2, 0.25) is 0 Å². The fourth-order valence-electron chi connectivity index (χ4n) is 7.56. The highest BCUT2D eigenvalue weighted by molar-refractivity contribution is 6.32. The van der Waals surface area contributed by atoms with Crippen LogP contribution in [0.3, 0.4) is 0 Å². The monoisotopic (exact) mass is 1120 g/mol. The molecule has 0 bridgehead atoms. The first-order valence-electron chi connectivity index (χ1n) is 25.0. The molecule has 0 amide bonds. The average molecular weight is 1120 g/mol. The number of hydrogen-bond donors (Lipinski definition) is 3. The van der Waals surface area contributed by atoms with Crippen LogP contribution in [-0.2, 0) is 34.0 Å². The molecule has 7 aromatic carbocycles. The lowest BCUT2D eigenvalue weighted by molar-refractivity contribution is -0.385. The van der Waals surface area contributed by atoms with Gasteiger partial charge in [0.25, 0.3) is 17.1 Å². The molecule has 0 aliphatic carbocycles. The number of nitrogens with zero attached hydrogens (tertiary/aromatic N) is 5. The molecule has 20 nitrogen and oxygen atoms in total. The van der Waals surface area contributed by atoms with Crippen molar-refractivity contribution in [3.8, 4) is 23.0 Å². The molecule has 22 heteroatoms. The fourth-order valence-corrected chi connectivity index (χ4v) is 7.85. The second-order valence-electron chi connectivity index (χ2n) is 17.3. The number of nitro benzene ring substituents is 3. The first kappa shape index (κ1) is 60.0. The number of phenols is 1. The minimum Gasteiger partial charge on any atom is -0.506 e. The van der Waals surface area contributed by atoms with E-state index in [-0.39, 0.29) is 27.8 Å². The molecule has 416 valence electrons. The maximum absolute atomic E-state index is 11.0. The summed E-state index contributed by atoms with van der Waals surface area (Å²) in [6, 6.07) is 47.6. The highest BCUT2D eigenvalue weighted by atomic mass is 35.5. The predicted octanol–water partition coefficient (Wildman–Crippen LogP) is 11.1. The van der Waals surface area contributed by atoms with Crippen molar-refractivity contribution in [1.29, 1.82) is 0 Å². The standard InChI is InChI=1S/C17H18N2O4.C17H20N2O2.C13H10ClNO3.C6H4ClNO3.C4H9NO/c20-19(21)15-6-7-16(18-8-10-22-11-9-18)17(12-15)23-13-14-4-2-1-3-5-14;18-15-6-7-16(19-8-10-20-11-9-19)17(12-15)21-13-14-4-2-1-3-5-14;14-12-7-6-11(15(16)17)8-13(12)18-9-10-4-2-1-3-5-10;7-5-2-1-4(8(10)11)3-6(5)9;1-3-6-4-2-5-1/h1-7,12H,8-11,13H2;1-7,12H,8-11,13,18H2;1-8H,9H2;1-3,9H;5H,1-4H2. The third-order valence-corrected chi connectivity index (χ3v) is 12.3. The fraction of sp³-hybridized carbons (Fsp3) is 0.263. The second-order valence-corrected chi connectivity index (χ2v) is 18.1. The van der Waals surface area contributed by atoms with Gasteiger partial charge in [-0.05, 0) is 47.0 Å². The first-order valence-corrected chi connectivity index (χ1v) is 25.8. The summed E-state index contributed by atoms with van der Waals surface area (Å²) in [5.74, 6) is 1.40. The van der Waals surface area contributed by atoms with Crippen molar-refractivity contribution in [3.63, 3.8) is 0 Å². The Balaban J connectivity index is 0.000000168. The van der Waals surface area contributed by atoms with Crippen molar-refractivity contribution in [2.75, 3.05) is 94.4 Å². The third kappa shape index (κ3) is 20.6. The van der Waals surface area contributed by atoms with Crippen LogP contribution in [-0.4, -0.2) is 98.8 Å². The molecule has 0 unspecified atom stereocenters. The van der Waals surface area contributed by atoms with Gasteiger partial charge >= 0.3 is 0 Å². The van der Waals surface area contributed by atoms with Crippen LogP contribution in [0.1, 0.15) is 16.7 Å². The van der Waals surface area contributed by atoms with E-state index in [4.69, 9.17) is 62.5 Å². The van der Waals surface area contributed by atoms with Gasteiger partial charge in [-0.25, -0.2) is 0 Å². The first-order chi connectivity index (χ1) is 38.3. The van der Waals surface area contributed by atoms with Crippen LogP contribution in [0.15, 0.2) is 164 Å². The van der Waals surface area contributed by atoms with Crippen molar-refractivity contribution >= 4 is 57.3 Å². The summed E-state index contributed by atoms with van der Waals surface area (Å²) in [6.45, 7) is 11.1. The van der Waals surface area contributed by atoms with Crippen molar-refractivity contribution < 1.29 is 48.3 Å². The topological polar surface area (TPSA) is 250 Å². The number of nitrogens with two attached hydrogens (primary N) is 1. The molecule has 3 aliphatic rings. The van der Waals surface area contributed by atoms with Crippen LogP contribution < -0.4 is 35.1 Å². The molecule has 0 atom stereocenters. The molecule has 10 rings (SSSR count). The van der Waals surface area contributed by atoms with Crippen LogP contribution >= 0.6 is 23.2 Å². The number of rotatable bonds is 14. The third-order valence-electron chi connectivity index (χ3n) is 11.7. The van der Waals surface area contributed by atoms with E-state index in [9.17, 15) is 30.3 Å². The zero-order valence-electron chi connectivity index (χ0n) is 43.1. The number of halogens is 2. The Morgan fingerprint density at radius 3 is 1.25 bits per heavy atom. The smallest absolute Gasteiger partial charge is 0.273 e. The van der Waals surface area contributed by atoms with Gasteiger partial charge < -0.3 is 54.4 Å². The zero-order chi connectivity index (χ0) is 56.2. The number of anilines is 3. The SMILES string of the molecule is C1COCCN1.Nc1ccc(N2CCOCC2)c(OCc2ccccc2)c1.O=[N+]([O-])c1ccc(Cl)c(O)c1.O=[N+]([O-])c1ccc(Cl)c(OCc2ccccc2)c1.O=[N+]([O-])c1ccc(N2CCOCC2)c(OCc2ccccc2)c1. The lowest BCUT2D eigenvalue weighted by Gasteiger charge is -2.30. The minimum absolute atomic E-state index is 0.0325. The van der Waals surface area contributed by atoms with Crippen molar-refractivity contribution in [2.24, 2.45) is 0 Å². The van der Waals surface area contributed by atoms with Gasteiger partial charge in [-0.3, -0.25) is 30.3 Å². The molecule has 79 heavy (non-hydrogen) atoms. The number of nitro groups is 3. The minimum atomic E-state index is -0.601. The van der Waals surface area contributed by atoms with E-state index in [2.05, 4.69) is 27.2 Å². The van der Waals surface area contributed by atoms with Gasteiger partial charge in [0.1, 0.15) is 42.8 Å². The summed E-state index contributed by atoms with van der Waals surface area (Å²) in [7, 11) is 0. The number of nitrogens with one attached hydrogen (secondary N) is 1. The Labute approximate surface area is 467 Å². The van der Waals surface area contributed by atoms with Crippen LogP contribution in [0.5, 0.6) is 23.0 Å². The number of benzene rings is 7. The summed E-state index contributed by atoms with van der Waals surface area (Å²) in [6.07, 6.45) is 0. The van der Waals surface area contributed by atoms with E-state index < -0.39 is 14.8 Å². The van der Waals surface area contributed by atoms with Crippen LogP contribution in [0, 0.1) is 30.3 Å². The summed E-state index contributed by atoms with van der Waals surface area (Å²) < 4.78 is 33.1. The van der Waals surface area contributed by atoms with Gasteiger partial charge in [-0.1, -0.05) is 114 Å². The quantitative estimate of drug-likeness (QED) is 0.0520. The number of non-ortho nitro benzene ring substituents is 3. The Kier molecular flexibility index (Phi) is 24.7. The van der Waals surface area contributed by atoms with Crippen molar-refractivity contribution in [1.82, 2.24) is 5.32 Å². The molecule has 3 fully saturated rings. The Bertz CT molecular complexity index is 2980. The molecule has 4 N–H and O–H groups in total. The molecule has 3 aliphatic heterocycles. The van der Waals surface area contributed by atoms with Gasteiger partial charge in [0.05, 0.1) is 94.0 Å². The predicted molar refractivity (Wildman–Crippen MR) is 304 cm³/mol. The maximum Gasteiger partial charge on any atom is 0.273 e. The molecular weight excluding hydrogens is 1060 g/mol. The molecule has 0 saturated carbocycles. The number of aromatic hydroxyl groups is 1. The van der Waals surface area contributed by atoms with E-state index in [0.717, 1.165) is 111 Å². The van der Waals surface area contributed by atoms with Crippen molar-refractivity contribution in [2.45, 2.75) is 19.8 Å². The Hall–Kier alpha value is -8.24. The van der Waals surface area contributed by atoms with Crippen LogP contribution in [0.25, 0.3) is 0 Å². The maximum atomic E-state index is 11.0. The molecule has 0 spiro atoms. The number of nitrogen functional groups attached to an aromatic ring is 1. The van der Waals surface area contributed by atoms with Crippen LogP contribution in [0.2, 0.25) is 10.0 Å².